The standard InChI is InChI=1S/C12H11ClF2N4O6S/c1-17-10(24-2)16-18(11(17)20)12(21)19(25-9(14)15)26(22,23)8-6-4-3-5-7(8)13/h3-6,9H,1-2H3. The predicted molar refractivity (Wildman–Crippen MR) is 82.4 cm³/mol. The maximum Gasteiger partial charge on any atom is 0.388 e. The highest BCUT2D eigenvalue weighted by Gasteiger charge is 2.38. The van der Waals surface area contributed by atoms with Gasteiger partial charge in [-0.15, -0.1) is 9.78 Å². The third kappa shape index (κ3) is 3.54. The van der Waals surface area contributed by atoms with Gasteiger partial charge in [-0.1, -0.05) is 28.2 Å². The van der Waals surface area contributed by atoms with Crippen LogP contribution in [0.4, 0.5) is 13.6 Å². The summed E-state index contributed by atoms with van der Waals surface area (Å²) in [6, 6.07) is 2.59. The molecule has 1 aromatic heterocycles. The number of methoxy groups -OCH3 is 1. The minimum atomic E-state index is -5.00. The zero-order chi connectivity index (χ0) is 19.6. The number of benzene rings is 1. The smallest absolute Gasteiger partial charge is 0.388 e. The molecule has 2 rings (SSSR count). The Balaban J connectivity index is 2.60. The number of aromatic nitrogens is 3. The Morgan fingerprint density at radius 1 is 1.35 bits per heavy atom. The number of hydrogen-bond acceptors (Lipinski definition) is 7. The molecule has 0 fully saturated rings. The van der Waals surface area contributed by atoms with Gasteiger partial charge in [0.2, 0.25) is 0 Å². The third-order valence-corrected chi connectivity index (χ3v) is 5.00. The fraction of sp³-hybridized carbons (Fsp3) is 0.250. The molecular formula is C12H11ClF2N4O6S. The zero-order valence-electron chi connectivity index (χ0n) is 13.2. The SMILES string of the molecule is COc1nn(C(=O)N(OC(F)F)S(=O)(=O)c2ccccc2Cl)c(=O)n1C. The Morgan fingerprint density at radius 2 is 1.96 bits per heavy atom. The van der Waals surface area contributed by atoms with Crippen LogP contribution in [-0.2, 0) is 21.9 Å². The molecule has 0 radical (unpaired) electrons. The van der Waals surface area contributed by atoms with Crippen LogP contribution in [-0.4, -0.2) is 47.0 Å². The summed E-state index contributed by atoms with van der Waals surface area (Å²) in [5.74, 6) is 0. The van der Waals surface area contributed by atoms with E-state index in [1.54, 1.807) is 0 Å². The lowest BCUT2D eigenvalue weighted by Crippen LogP contribution is -2.45. The monoisotopic (exact) mass is 412 g/mol. The number of hydroxylamine groups is 1. The summed E-state index contributed by atoms with van der Waals surface area (Å²) in [4.78, 5) is 27.5. The highest BCUT2D eigenvalue weighted by Crippen LogP contribution is 2.25. The number of rotatable bonds is 5. The molecule has 0 aliphatic rings. The minimum Gasteiger partial charge on any atom is -0.467 e. The second-order valence-electron chi connectivity index (χ2n) is 4.55. The Labute approximate surface area is 150 Å². The molecule has 0 atom stereocenters. The van der Waals surface area contributed by atoms with Gasteiger partial charge in [-0.25, -0.2) is 14.2 Å². The lowest BCUT2D eigenvalue weighted by Gasteiger charge is -2.20. The van der Waals surface area contributed by atoms with Crippen LogP contribution in [0.15, 0.2) is 34.0 Å². The number of halogens is 3. The number of alkyl halides is 2. The lowest BCUT2D eigenvalue weighted by molar-refractivity contribution is -0.218. The second kappa shape index (κ2) is 7.39. The van der Waals surface area contributed by atoms with Gasteiger partial charge >= 0.3 is 24.3 Å². The molecule has 0 spiro atoms. The Bertz CT molecular complexity index is 990. The number of sulfonamides is 1. The second-order valence-corrected chi connectivity index (χ2v) is 6.68. The van der Waals surface area contributed by atoms with E-state index in [-0.39, 0.29) is 15.7 Å². The number of nitrogens with zero attached hydrogens (tertiary/aromatic N) is 4. The van der Waals surface area contributed by atoms with Crippen molar-refractivity contribution < 1.29 is 31.6 Å². The largest absolute Gasteiger partial charge is 0.467 e. The van der Waals surface area contributed by atoms with Crippen molar-refractivity contribution in [2.45, 2.75) is 11.5 Å². The summed E-state index contributed by atoms with van der Waals surface area (Å²) < 4.78 is 55.3. The van der Waals surface area contributed by atoms with Gasteiger partial charge < -0.3 is 4.74 Å². The molecule has 0 saturated heterocycles. The summed E-state index contributed by atoms with van der Waals surface area (Å²) in [5.41, 5.74) is -1.15. The predicted octanol–water partition coefficient (Wildman–Crippen LogP) is 1.06. The molecule has 26 heavy (non-hydrogen) atoms. The van der Waals surface area contributed by atoms with Crippen molar-refractivity contribution in [3.05, 3.63) is 39.8 Å². The molecular weight excluding hydrogens is 402 g/mol. The fourth-order valence-electron chi connectivity index (χ4n) is 1.82. The summed E-state index contributed by atoms with van der Waals surface area (Å²) in [6.45, 7) is -3.70. The molecule has 1 heterocycles. The first-order chi connectivity index (χ1) is 12.1. The summed E-state index contributed by atoms with van der Waals surface area (Å²) in [7, 11) is -2.71. The Morgan fingerprint density at radius 3 is 2.46 bits per heavy atom. The van der Waals surface area contributed by atoms with E-state index in [1.165, 1.54) is 19.2 Å². The van der Waals surface area contributed by atoms with Crippen LogP contribution in [0.3, 0.4) is 0 Å². The van der Waals surface area contributed by atoms with Crippen molar-refractivity contribution in [3.8, 4) is 6.01 Å². The normalized spacial score (nSPS) is 11.6. The van der Waals surface area contributed by atoms with E-state index in [2.05, 4.69) is 9.94 Å². The van der Waals surface area contributed by atoms with E-state index in [9.17, 15) is 26.8 Å². The first kappa shape index (κ1) is 19.8. The molecule has 14 heteroatoms. The fourth-order valence-corrected chi connectivity index (χ4v) is 3.45. The van der Waals surface area contributed by atoms with Crippen LogP contribution in [0.25, 0.3) is 0 Å². The van der Waals surface area contributed by atoms with E-state index in [0.717, 1.165) is 23.8 Å². The van der Waals surface area contributed by atoms with Gasteiger partial charge in [0, 0.05) is 7.05 Å². The van der Waals surface area contributed by atoms with Crippen LogP contribution >= 0.6 is 11.6 Å². The van der Waals surface area contributed by atoms with Gasteiger partial charge in [0.25, 0.3) is 10.0 Å². The van der Waals surface area contributed by atoms with Crippen LogP contribution in [0.2, 0.25) is 5.02 Å². The molecule has 0 N–H and O–H groups in total. The minimum absolute atomic E-state index is 0.00436. The first-order valence-corrected chi connectivity index (χ1v) is 8.42. The van der Waals surface area contributed by atoms with Gasteiger partial charge in [-0.05, 0) is 12.1 Å². The van der Waals surface area contributed by atoms with Crippen molar-refractivity contribution in [2.24, 2.45) is 7.05 Å². The topological polar surface area (TPSA) is 113 Å². The van der Waals surface area contributed by atoms with Crippen LogP contribution in [0, 0.1) is 0 Å². The molecule has 142 valence electrons. The van der Waals surface area contributed by atoms with Crippen molar-refractivity contribution in [3.63, 3.8) is 0 Å². The molecule has 0 aliphatic heterocycles. The van der Waals surface area contributed by atoms with E-state index in [4.69, 9.17) is 16.3 Å². The van der Waals surface area contributed by atoms with E-state index >= 15 is 0 Å². The highest BCUT2D eigenvalue weighted by molar-refractivity contribution is 7.89. The van der Waals surface area contributed by atoms with Crippen molar-refractivity contribution in [1.29, 1.82) is 0 Å². The number of carbonyl (C=O) groups excluding carboxylic acids is 1. The molecule has 10 nitrogen and oxygen atoms in total. The Hall–Kier alpha value is -2.51. The number of amides is 1. The average molecular weight is 413 g/mol. The molecule has 1 aromatic carbocycles. The van der Waals surface area contributed by atoms with Crippen LogP contribution < -0.4 is 10.4 Å². The van der Waals surface area contributed by atoms with Crippen LogP contribution in [0.1, 0.15) is 0 Å². The van der Waals surface area contributed by atoms with Gasteiger partial charge in [-0.3, -0.25) is 0 Å². The van der Waals surface area contributed by atoms with E-state index in [0.29, 0.717) is 0 Å². The number of ether oxygens (including phenoxy) is 1. The van der Waals surface area contributed by atoms with Crippen LogP contribution in [0.5, 0.6) is 6.01 Å². The van der Waals surface area contributed by atoms with Gasteiger partial charge in [0.15, 0.2) is 0 Å². The number of carbonyl (C=O) groups is 1. The van der Waals surface area contributed by atoms with Gasteiger partial charge in [-0.2, -0.15) is 22.0 Å². The summed E-state index contributed by atoms with van der Waals surface area (Å²) >= 11 is 5.75. The maximum absolute atomic E-state index is 12.7. The maximum atomic E-state index is 12.7. The van der Waals surface area contributed by atoms with Crippen molar-refractivity contribution >= 4 is 27.7 Å². The summed E-state index contributed by atoms with van der Waals surface area (Å²) in [5, 5.41) is 3.06. The lowest BCUT2D eigenvalue weighted by atomic mass is 10.4. The van der Waals surface area contributed by atoms with Crippen molar-refractivity contribution in [2.75, 3.05) is 7.11 Å². The van der Waals surface area contributed by atoms with Gasteiger partial charge in [0.1, 0.15) is 4.90 Å². The zero-order valence-corrected chi connectivity index (χ0v) is 14.7. The first-order valence-electron chi connectivity index (χ1n) is 6.60. The molecule has 0 saturated carbocycles. The Kier molecular flexibility index (Phi) is 5.63. The molecule has 1 amide bonds. The molecule has 0 aliphatic carbocycles. The summed E-state index contributed by atoms with van der Waals surface area (Å²) in [6.07, 6.45) is 0. The highest BCUT2D eigenvalue weighted by atomic mass is 35.5. The van der Waals surface area contributed by atoms with Gasteiger partial charge in [0.05, 0.1) is 12.1 Å². The number of hydrogen-bond donors (Lipinski definition) is 0. The van der Waals surface area contributed by atoms with Crippen molar-refractivity contribution in [1.82, 2.24) is 18.8 Å². The third-order valence-electron chi connectivity index (χ3n) is 2.97. The quantitative estimate of drug-likeness (QED) is 0.674. The molecule has 2 aromatic rings. The molecule has 0 bridgehead atoms. The molecule has 0 unspecified atom stereocenters. The average Bonchev–Trinajstić information content (AvgIpc) is 2.87. The van der Waals surface area contributed by atoms with E-state index < -0.39 is 37.7 Å². The van der Waals surface area contributed by atoms with E-state index in [1.807, 2.05) is 0 Å².